The van der Waals surface area contributed by atoms with Crippen LogP contribution in [-0.4, -0.2) is 95.9 Å². The topological polar surface area (TPSA) is 231 Å². The largest absolute Gasteiger partial charge is 0.472 e. The second kappa shape index (κ2) is 63.3. The molecule has 0 saturated carbocycles. The van der Waals surface area contributed by atoms with Gasteiger partial charge in [-0.2, -0.15) is 0 Å². The second-order valence-corrected chi connectivity index (χ2v) is 24.0. The molecule has 5 unspecified atom stereocenters. The molecule has 5 atom stereocenters. The molecule has 0 saturated heterocycles. The van der Waals surface area contributed by atoms with Crippen LogP contribution in [-0.2, 0) is 55.8 Å². The monoisotopic (exact) mass is 1280 g/mol. The molecule has 89 heavy (non-hydrogen) atoms. The van der Waals surface area contributed by atoms with Crippen molar-refractivity contribution in [3.05, 3.63) is 158 Å². The highest BCUT2D eigenvalue weighted by Gasteiger charge is 2.29. The smallest absolute Gasteiger partial charge is 0.463 e. The Hall–Kier alpha value is -4.83. The van der Waals surface area contributed by atoms with Gasteiger partial charge in [0.05, 0.1) is 26.4 Å². The molecule has 0 bridgehead atoms. The summed E-state index contributed by atoms with van der Waals surface area (Å²) in [4.78, 5) is 58.3. The third kappa shape index (κ3) is 64.5. The maximum atomic E-state index is 12.9. The first kappa shape index (κ1) is 84.2. The van der Waals surface area contributed by atoms with Crippen molar-refractivity contribution in [1.29, 1.82) is 0 Å². The van der Waals surface area contributed by atoms with Crippen LogP contribution in [0.5, 0.6) is 0 Å². The summed E-state index contributed by atoms with van der Waals surface area (Å²) in [5.74, 6) is -1.70. The van der Waals surface area contributed by atoms with E-state index in [0.29, 0.717) is 25.7 Å². The Balaban J connectivity index is 4.81. The van der Waals surface area contributed by atoms with Gasteiger partial charge in [0, 0.05) is 19.3 Å². The van der Waals surface area contributed by atoms with Gasteiger partial charge in [0.25, 0.3) is 0 Å². The molecular formula is C71H114O16P2. The number of hydrogen-bond acceptors (Lipinski definition) is 14. The maximum Gasteiger partial charge on any atom is 0.472 e. The van der Waals surface area contributed by atoms with Gasteiger partial charge in [0.15, 0.2) is 6.10 Å². The lowest BCUT2D eigenvalue weighted by Crippen LogP contribution is -2.30. The van der Waals surface area contributed by atoms with E-state index in [4.69, 9.17) is 32.3 Å². The van der Waals surface area contributed by atoms with Crippen molar-refractivity contribution < 1.29 is 75.8 Å². The summed E-state index contributed by atoms with van der Waals surface area (Å²) in [7, 11) is -9.82. The van der Waals surface area contributed by atoms with Crippen LogP contribution in [0.25, 0.3) is 0 Å². The number of carbonyl (C=O) groups is 3. The first-order valence-electron chi connectivity index (χ1n) is 32.8. The number of carbonyl (C=O) groups excluding carboxylic acids is 3. The van der Waals surface area contributed by atoms with Crippen LogP contribution in [0.15, 0.2) is 158 Å². The average Bonchev–Trinajstić information content (AvgIpc) is 3.67. The van der Waals surface area contributed by atoms with Crippen molar-refractivity contribution in [3.63, 3.8) is 0 Å². The molecule has 18 heteroatoms. The highest BCUT2D eigenvalue weighted by Crippen LogP contribution is 2.45. The van der Waals surface area contributed by atoms with Crippen molar-refractivity contribution in [2.75, 3.05) is 39.6 Å². The Kier molecular flexibility index (Phi) is 59.9. The molecule has 0 aromatic heterocycles. The lowest BCUT2D eigenvalue weighted by Gasteiger charge is -2.21. The summed E-state index contributed by atoms with van der Waals surface area (Å²) >= 11 is 0. The summed E-state index contributed by atoms with van der Waals surface area (Å²) in [6.07, 6.45) is 75.9. The zero-order valence-corrected chi connectivity index (χ0v) is 56.1. The number of unbranched alkanes of at least 4 members (excludes halogenated alkanes) is 11. The van der Waals surface area contributed by atoms with Gasteiger partial charge in [-0.3, -0.25) is 32.5 Å². The number of phosphoric acid groups is 2. The fourth-order valence-corrected chi connectivity index (χ4v) is 9.41. The number of hydrogen-bond donors (Lipinski definition) is 4. The molecule has 0 aliphatic carbocycles. The summed E-state index contributed by atoms with van der Waals surface area (Å²) in [6, 6.07) is 0. The number of ether oxygens (including phenoxy) is 3. The Bertz CT molecular complexity index is 2250. The van der Waals surface area contributed by atoms with E-state index >= 15 is 0 Å². The molecule has 16 nitrogen and oxygen atoms in total. The molecule has 0 aliphatic heterocycles. The second-order valence-electron chi connectivity index (χ2n) is 21.1. The lowest BCUT2D eigenvalue weighted by atomic mass is 10.1. The number of aliphatic hydroxyl groups excluding tert-OH is 2. The standard InChI is InChI=1S/C71H114O16P2/c1-4-7-10-13-16-19-22-25-28-31-32-35-37-39-42-45-48-51-54-57-69(74)81-60-66(72)61-83-88(77,78)84-62-67(73)63-85-89(79,80)86-65-68(87-71(76)59-56-53-50-47-44-41-38-34-30-27-24-21-18-15-12-9-6-3)64-82-70(75)58-55-52-49-46-43-40-36-33-29-26-23-20-17-14-11-8-5-2/h7-12,16-21,25-30,32,35-36,38,40-41,46,49,66-68,72-73H,4-6,13-15,22-24,31,33-34,37,39,42-45,47-48,50-65H2,1-3H3,(H,77,78)(H,79,80)/b10-7-,11-8-,12-9-,19-16-,20-17-,21-18-,28-25-,29-26-,30-27-,35-32-,40-36-,41-38-,49-46-. The van der Waals surface area contributed by atoms with Gasteiger partial charge in [-0.1, -0.05) is 217 Å². The van der Waals surface area contributed by atoms with E-state index in [1.54, 1.807) is 0 Å². The minimum Gasteiger partial charge on any atom is -0.463 e. The van der Waals surface area contributed by atoms with Gasteiger partial charge in [0.1, 0.15) is 25.4 Å². The van der Waals surface area contributed by atoms with E-state index in [-0.39, 0.29) is 19.3 Å². The van der Waals surface area contributed by atoms with E-state index in [1.165, 1.54) is 0 Å². The third-order valence-corrected chi connectivity index (χ3v) is 14.6. The Labute approximate surface area is 536 Å². The zero-order valence-electron chi connectivity index (χ0n) is 54.3. The highest BCUT2D eigenvalue weighted by atomic mass is 31.2. The van der Waals surface area contributed by atoms with E-state index in [2.05, 4.69) is 167 Å². The molecule has 4 N–H and O–H groups in total. The van der Waals surface area contributed by atoms with E-state index in [1.807, 2.05) is 12.2 Å². The van der Waals surface area contributed by atoms with Crippen molar-refractivity contribution in [1.82, 2.24) is 0 Å². The molecule has 0 radical (unpaired) electrons. The Morgan fingerprint density at radius 1 is 0.315 bits per heavy atom. The van der Waals surface area contributed by atoms with Crippen molar-refractivity contribution in [3.8, 4) is 0 Å². The van der Waals surface area contributed by atoms with Crippen LogP contribution >= 0.6 is 15.6 Å². The first-order chi connectivity index (χ1) is 43.2. The molecule has 504 valence electrons. The molecule has 0 fully saturated rings. The number of allylic oxidation sites excluding steroid dienone is 26. The predicted molar refractivity (Wildman–Crippen MR) is 362 cm³/mol. The molecule has 0 rings (SSSR count). The molecule has 0 amide bonds. The van der Waals surface area contributed by atoms with Crippen LogP contribution in [0.3, 0.4) is 0 Å². The van der Waals surface area contributed by atoms with Gasteiger partial charge in [-0.05, 0) is 135 Å². The Morgan fingerprint density at radius 2 is 0.573 bits per heavy atom. The summed E-state index contributed by atoms with van der Waals surface area (Å²) < 4.78 is 60.7. The van der Waals surface area contributed by atoms with Crippen LogP contribution in [0, 0.1) is 0 Å². The molecule has 0 aliphatic rings. The normalized spacial score (nSPS) is 15.3. The van der Waals surface area contributed by atoms with E-state index in [9.17, 15) is 43.5 Å². The predicted octanol–water partition coefficient (Wildman–Crippen LogP) is 18.0. The molecular weight excluding hydrogens is 1170 g/mol. The number of aliphatic hydroxyl groups is 2. The summed E-state index contributed by atoms with van der Waals surface area (Å²) in [6.45, 7) is 2.17. The van der Waals surface area contributed by atoms with Gasteiger partial charge in [0.2, 0.25) is 0 Å². The summed E-state index contributed by atoms with van der Waals surface area (Å²) in [5.41, 5.74) is 0. The average molecular weight is 1290 g/mol. The fourth-order valence-electron chi connectivity index (χ4n) is 7.82. The Morgan fingerprint density at radius 3 is 0.933 bits per heavy atom. The van der Waals surface area contributed by atoms with Crippen LogP contribution in [0.4, 0.5) is 0 Å². The molecule has 0 aromatic carbocycles. The highest BCUT2D eigenvalue weighted by molar-refractivity contribution is 7.47. The van der Waals surface area contributed by atoms with Gasteiger partial charge >= 0.3 is 33.6 Å². The number of rotatable bonds is 60. The fraction of sp³-hybridized carbons (Fsp3) is 0.592. The summed E-state index contributed by atoms with van der Waals surface area (Å²) in [5, 5.41) is 20.5. The van der Waals surface area contributed by atoms with Gasteiger partial charge in [-0.25, -0.2) is 9.13 Å². The van der Waals surface area contributed by atoms with E-state index < -0.39 is 91.5 Å². The zero-order chi connectivity index (χ0) is 65.3. The van der Waals surface area contributed by atoms with Gasteiger partial charge < -0.3 is 34.2 Å². The first-order valence-corrected chi connectivity index (χ1v) is 35.8. The molecule has 0 aromatic rings. The third-order valence-electron chi connectivity index (χ3n) is 12.7. The van der Waals surface area contributed by atoms with Crippen molar-refractivity contribution in [2.24, 2.45) is 0 Å². The molecule has 0 spiro atoms. The minimum atomic E-state index is -4.95. The van der Waals surface area contributed by atoms with Crippen LogP contribution < -0.4 is 0 Å². The van der Waals surface area contributed by atoms with E-state index in [0.717, 1.165) is 148 Å². The van der Waals surface area contributed by atoms with Gasteiger partial charge in [-0.15, -0.1) is 0 Å². The number of phosphoric ester groups is 2. The van der Waals surface area contributed by atoms with Crippen LogP contribution in [0.1, 0.15) is 213 Å². The van der Waals surface area contributed by atoms with Crippen LogP contribution in [0.2, 0.25) is 0 Å². The minimum absolute atomic E-state index is 0.0574. The maximum absolute atomic E-state index is 12.9. The quantitative estimate of drug-likeness (QED) is 0.0146. The SMILES string of the molecule is CC/C=C\C/C=C\C/C=C\C/C=C\C/C=C\CCCC(=O)OCC(COP(=O)(O)OCC(O)COP(=O)(O)OCC(O)COC(=O)CCCCCCCC/C=C\C/C=C\C/C=C\C/C=C\CC)OC(=O)CCCCCC/C=C\C/C=C\C/C=C\C/C=C\CC. The van der Waals surface area contributed by atoms with Crippen molar-refractivity contribution >= 4 is 33.6 Å². The van der Waals surface area contributed by atoms with Crippen molar-refractivity contribution in [2.45, 2.75) is 232 Å². The number of esters is 3. The molecule has 0 heterocycles. The lowest BCUT2D eigenvalue weighted by molar-refractivity contribution is -0.161.